The third kappa shape index (κ3) is 3.42. The summed E-state index contributed by atoms with van der Waals surface area (Å²) in [4.78, 5) is 0. The van der Waals surface area contributed by atoms with Crippen molar-refractivity contribution in [3.63, 3.8) is 0 Å². The van der Waals surface area contributed by atoms with Crippen LogP contribution in [0.4, 0.5) is 0 Å². The summed E-state index contributed by atoms with van der Waals surface area (Å²) in [6.45, 7) is 4.20. The van der Waals surface area contributed by atoms with E-state index in [-0.39, 0.29) is 6.61 Å². The number of aromatic nitrogens is 2. The standard InChI is InChI=1S/C15H18BrClN2O2/c1-4-12-14(17)13(19(3)18-12)8-21-15-9(2)5-11(16)6-10(15)7-20/h5-6,20H,4,7-8H2,1-3H3. The maximum absolute atomic E-state index is 9.47. The van der Waals surface area contributed by atoms with E-state index in [1.807, 2.05) is 33.0 Å². The van der Waals surface area contributed by atoms with E-state index in [1.165, 1.54) is 0 Å². The van der Waals surface area contributed by atoms with Crippen molar-refractivity contribution in [2.24, 2.45) is 7.05 Å². The van der Waals surface area contributed by atoms with Gasteiger partial charge in [0.05, 0.1) is 23.0 Å². The van der Waals surface area contributed by atoms with Gasteiger partial charge in [0, 0.05) is 17.1 Å². The van der Waals surface area contributed by atoms with Gasteiger partial charge < -0.3 is 9.84 Å². The Bertz CT molecular complexity index is 656. The molecular formula is C15H18BrClN2O2. The zero-order valence-electron chi connectivity index (χ0n) is 12.3. The number of hydrogen-bond acceptors (Lipinski definition) is 3. The fourth-order valence-electron chi connectivity index (χ4n) is 2.24. The molecule has 0 radical (unpaired) electrons. The molecule has 0 saturated heterocycles. The fraction of sp³-hybridized carbons (Fsp3) is 0.400. The molecule has 0 aliphatic carbocycles. The topological polar surface area (TPSA) is 47.3 Å². The summed E-state index contributed by atoms with van der Waals surface area (Å²) in [5, 5.41) is 14.5. The van der Waals surface area contributed by atoms with Crippen LogP contribution in [0, 0.1) is 6.92 Å². The maximum atomic E-state index is 9.47. The molecule has 2 rings (SSSR count). The summed E-state index contributed by atoms with van der Waals surface area (Å²) in [6.07, 6.45) is 0.784. The number of aryl methyl sites for hydroxylation is 3. The Labute approximate surface area is 137 Å². The van der Waals surface area contributed by atoms with E-state index in [4.69, 9.17) is 16.3 Å². The van der Waals surface area contributed by atoms with Crippen molar-refractivity contribution in [1.82, 2.24) is 9.78 Å². The highest BCUT2D eigenvalue weighted by Gasteiger charge is 2.15. The molecule has 1 aromatic heterocycles. The highest BCUT2D eigenvalue weighted by atomic mass is 79.9. The summed E-state index contributed by atoms with van der Waals surface area (Å²) >= 11 is 9.73. The minimum atomic E-state index is -0.0745. The van der Waals surface area contributed by atoms with Crippen molar-refractivity contribution in [2.45, 2.75) is 33.5 Å². The van der Waals surface area contributed by atoms with Crippen LogP contribution in [0.3, 0.4) is 0 Å². The molecule has 1 aromatic carbocycles. The van der Waals surface area contributed by atoms with Gasteiger partial charge in [-0.2, -0.15) is 5.10 Å². The number of hydrogen-bond donors (Lipinski definition) is 1. The van der Waals surface area contributed by atoms with Gasteiger partial charge in [-0.05, 0) is 31.0 Å². The average Bonchev–Trinajstić information content (AvgIpc) is 2.72. The number of benzene rings is 1. The quantitative estimate of drug-likeness (QED) is 0.867. The second-order valence-electron chi connectivity index (χ2n) is 4.84. The number of aliphatic hydroxyl groups is 1. The van der Waals surface area contributed by atoms with Gasteiger partial charge in [-0.3, -0.25) is 4.68 Å². The normalized spacial score (nSPS) is 11.0. The zero-order chi connectivity index (χ0) is 15.6. The van der Waals surface area contributed by atoms with Crippen molar-refractivity contribution in [2.75, 3.05) is 0 Å². The van der Waals surface area contributed by atoms with Crippen LogP contribution in [0.1, 0.15) is 29.4 Å². The van der Waals surface area contributed by atoms with E-state index < -0.39 is 0 Å². The molecule has 6 heteroatoms. The van der Waals surface area contributed by atoms with Gasteiger partial charge in [0.15, 0.2) is 0 Å². The Balaban J connectivity index is 2.27. The monoisotopic (exact) mass is 372 g/mol. The molecule has 0 bridgehead atoms. The van der Waals surface area contributed by atoms with Gasteiger partial charge in [-0.1, -0.05) is 34.5 Å². The Hall–Kier alpha value is -1.04. The average molecular weight is 374 g/mol. The van der Waals surface area contributed by atoms with E-state index in [2.05, 4.69) is 21.0 Å². The van der Waals surface area contributed by atoms with Crippen LogP contribution >= 0.6 is 27.5 Å². The van der Waals surface area contributed by atoms with Gasteiger partial charge in [0.1, 0.15) is 12.4 Å². The van der Waals surface area contributed by atoms with E-state index in [9.17, 15) is 5.11 Å². The lowest BCUT2D eigenvalue weighted by Crippen LogP contribution is -2.06. The number of nitrogens with zero attached hydrogens (tertiary/aromatic N) is 2. The first-order valence-electron chi connectivity index (χ1n) is 6.70. The largest absolute Gasteiger partial charge is 0.487 e. The highest BCUT2D eigenvalue weighted by molar-refractivity contribution is 9.10. The van der Waals surface area contributed by atoms with Crippen LogP contribution < -0.4 is 4.74 Å². The first-order valence-corrected chi connectivity index (χ1v) is 7.87. The Morgan fingerprint density at radius 2 is 2.14 bits per heavy atom. The van der Waals surface area contributed by atoms with Crippen LogP contribution in [-0.2, 0) is 26.7 Å². The van der Waals surface area contributed by atoms with Crippen LogP contribution in [0.5, 0.6) is 5.75 Å². The lowest BCUT2D eigenvalue weighted by atomic mass is 10.1. The number of aliphatic hydroxyl groups excluding tert-OH is 1. The van der Waals surface area contributed by atoms with E-state index >= 15 is 0 Å². The van der Waals surface area contributed by atoms with Crippen LogP contribution in [0.15, 0.2) is 16.6 Å². The summed E-state index contributed by atoms with van der Waals surface area (Å²) in [5.74, 6) is 0.691. The summed E-state index contributed by atoms with van der Waals surface area (Å²) in [5.41, 5.74) is 3.41. The van der Waals surface area contributed by atoms with Crippen molar-refractivity contribution in [1.29, 1.82) is 0 Å². The summed E-state index contributed by atoms with van der Waals surface area (Å²) in [7, 11) is 1.85. The molecule has 0 unspecified atom stereocenters. The predicted octanol–water partition coefficient (Wildman–Crippen LogP) is 3.78. The SMILES string of the molecule is CCc1nn(C)c(COc2c(C)cc(Br)cc2CO)c1Cl. The molecule has 2 aromatic rings. The van der Waals surface area contributed by atoms with Crippen molar-refractivity contribution in [3.8, 4) is 5.75 Å². The van der Waals surface area contributed by atoms with Gasteiger partial charge >= 0.3 is 0 Å². The molecule has 4 nitrogen and oxygen atoms in total. The lowest BCUT2D eigenvalue weighted by Gasteiger charge is -2.14. The molecular weight excluding hydrogens is 356 g/mol. The zero-order valence-corrected chi connectivity index (χ0v) is 14.6. The third-order valence-corrected chi connectivity index (χ3v) is 4.24. The van der Waals surface area contributed by atoms with Crippen molar-refractivity contribution < 1.29 is 9.84 Å². The smallest absolute Gasteiger partial charge is 0.131 e. The highest BCUT2D eigenvalue weighted by Crippen LogP contribution is 2.30. The van der Waals surface area contributed by atoms with Gasteiger partial charge in [-0.15, -0.1) is 0 Å². The number of ether oxygens (including phenoxy) is 1. The molecule has 1 heterocycles. The number of rotatable bonds is 5. The second-order valence-corrected chi connectivity index (χ2v) is 6.14. The van der Waals surface area contributed by atoms with Crippen LogP contribution in [0.2, 0.25) is 5.02 Å². The molecule has 0 aliphatic rings. The van der Waals surface area contributed by atoms with Crippen molar-refractivity contribution >= 4 is 27.5 Å². The van der Waals surface area contributed by atoms with Crippen LogP contribution in [-0.4, -0.2) is 14.9 Å². The molecule has 0 aliphatic heterocycles. The first-order chi connectivity index (χ1) is 9.97. The number of halogens is 2. The third-order valence-electron chi connectivity index (χ3n) is 3.34. The second kappa shape index (κ2) is 6.81. The predicted molar refractivity (Wildman–Crippen MR) is 86.7 cm³/mol. The molecule has 114 valence electrons. The Morgan fingerprint density at radius 1 is 1.43 bits per heavy atom. The first kappa shape index (κ1) is 16.3. The van der Waals surface area contributed by atoms with E-state index in [0.717, 1.165) is 33.4 Å². The maximum Gasteiger partial charge on any atom is 0.131 e. The lowest BCUT2D eigenvalue weighted by molar-refractivity contribution is 0.254. The minimum absolute atomic E-state index is 0.0745. The summed E-state index contributed by atoms with van der Waals surface area (Å²) < 4.78 is 8.56. The molecule has 0 spiro atoms. The molecule has 0 saturated carbocycles. The van der Waals surface area contributed by atoms with Gasteiger partial charge in [0.25, 0.3) is 0 Å². The van der Waals surface area contributed by atoms with Gasteiger partial charge in [-0.25, -0.2) is 0 Å². The Morgan fingerprint density at radius 3 is 2.71 bits per heavy atom. The summed E-state index contributed by atoms with van der Waals surface area (Å²) in [6, 6.07) is 3.81. The Kier molecular flexibility index (Phi) is 5.30. The molecule has 21 heavy (non-hydrogen) atoms. The van der Waals surface area contributed by atoms with Crippen LogP contribution in [0.25, 0.3) is 0 Å². The molecule has 0 atom stereocenters. The van der Waals surface area contributed by atoms with E-state index in [1.54, 1.807) is 4.68 Å². The van der Waals surface area contributed by atoms with Gasteiger partial charge in [0.2, 0.25) is 0 Å². The fourth-order valence-corrected chi connectivity index (χ4v) is 3.21. The molecule has 1 N–H and O–H groups in total. The van der Waals surface area contributed by atoms with Crippen molar-refractivity contribution in [3.05, 3.63) is 44.1 Å². The minimum Gasteiger partial charge on any atom is -0.487 e. The molecule has 0 amide bonds. The van der Waals surface area contributed by atoms with E-state index in [0.29, 0.717) is 17.4 Å². The molecule has 0 fully saturated rings.